The van der Waals surface area contributed by atoms with Gasteiger partial charge in [0.05, 0.1) is 0 Å². The van der Waals surface area contributed by atoms with E-state index in [4.69, 9.17) is 0 Å². The Kier molecular flexibility index (Phi) is 7.06. The number of thioether (sulfide) groups is 1. The molecule has 22 heavy (non-hydrogen) atoms. The van der Waals surface area contributed by atoms with Gasteiger partial charge in [-0.25, -0.2) is 0 Å². The number of nitrogens with zero attached hydrogens (tertiary/aromatic N) is 2. The van der Waals surface area contributed by atoms with E-state index in [2.05, 4.69) is 65.0 Å². The van der Waals surface area contributed by atoms with Gasteiger partial charge in [-0.3, -0.25) is 4.99 Å². The fourth-order valence-corrected chi connectivity index (χ4v) is 3.32. The highest BCUT2D eigenvalue weighted by molar-refractivity contribution is 7.99. The molecule has 0 radical (unpaired) electrons. The van der Waals surface area contributed by atoms with Crippen molar-refractivity contribution in [3.8, 4) is 0 Å². The van der Waals surface area contributed by atoms with Crippen LogP contribution in [0, 0.1) is 5.92 Å². The Morgan fingerprint density at radius 2 is 2.00 bits per heavy atom. The summed E-state index contributed by atoms with van der Waals surface area (Å²) in [4.78, 5) is 7.95. The Balaban J connectivity index is 1.64. The van der Waals surface area contributed by atoms with Crippen LogP contribution in [-0.2, 0) is 0 Å². The molecule has 1 unspecified atom stereocenters. The van der Waals surface area contributed by atoms with Gasteiger partial charge >= 0.3 is 0 Å². The number of nitrogens with one attached hydrogen (secondary N) is 2. The van der Waals surface area contributed by atoms with Crippen LogP contribution in [-0.4, -0.2) is 56.9 Å². The van der Waals surface area contributed by atoms with Crippen LogP contribution in [0.2, 0.25) is 0 Å². The lowest BCUT2D eigenvalue weighted by atomic mass is 10.1. The summed E-state index contributed by atoms with van der Waals surface area (Å²) in [6, 6.07) is 11.1. The quantitative estimate of drug-likeness (QED) is 0.334. The van der Waals surface area contributed by atoms with E-state index in [1.54, 1.807) is 0 Å². The maximum absolute atomic E-state index is 4.31. The molecule has 0 aliphatic heterocycles. The summed E-state index contributed by atoms with van der Waals surface area (Å²) in [6.45, 7) is 1.87. The molecular weight excluding hydrogens is 292 g/mol. The Morgan fingerprint density at radius 1 is 1.27 bits per heavy atom. The van der Waals surface area contributed by atoms with Crippen molar-refractivity contribution in [2.45, 2.75) is 23.8 Å². The van der Waals surface area contributed by atoms with Crippen LogP contribution in [0.4, 0.5) is 0 Å². The summed E-state index contributed by atoms with van der Waals surface area (Å²) >= 11 is 1.86. The number of rotatable bonds is 8. The lowest BCUT2D eigenvalue weighted by molar-refractivity contribution is 0.264. The van der Waals surface area contributed by atoms with Crippen molar-refractivity contribution in [2.24, 2.45) is 10.9 Å². The van der Waals surface area contributed by atoms with Crippen molar-refractivity contribution in [2.75, 3.05) is 40.0 Å². The van der Waals surface area contributed by atoms with Crippen LogP contribution < -0.4 is 10.6 Å². The Hall–Kier alpha value is -1.20. The molecule has 0 amide bonds. The minimum absolute atomic E-state index is 0.609. The highest BCUT2D eigenvalue weighted by Crippen LogP contribution is 2.34. The summed E-state index contributed by atoms with van der Waals surface area (Å²) in [5, 5.41) is 6.85. The maximum Gasteiger partial charge on any atom is 0.191 e. The highest BCUT2D eigenvalue weighted by Gasteiger charge is 2.32. The van der Waals surface area contributed by atoms with E-state index < -0.39 is 0 Å². The zero-order valence-electron chi connectivity index (χ0n) is 13.9. The van der Waals surface area contributed by atoms with Crippen molar-refractivity contribution in [1.29, 1.82) is 0 Å². The van der Waals surface area contributed by atoms with Crippen LogP contribution in [0.1, 0.15) is 12.8 Å². The summed E-state index contributed by atoms with van der Waals surface area (Å²) in [5.74, 6) is 2.79. The van der Waals surface area contributed by atoms with Gasteiger partial charge in [0.2, 0.25) is 0 Å². The molecule has 1 aromatic rings. The van der Waals surface area contributed by atoms with E-state index >= 15 is 0 Å². The average Bonchev–Trinajstić information content (AvgIpc) is 3.35. The zero-order chi connectivity index (χ0) is 15.8. The van der Waals surface area contributed by atoms with Crippen LogP contribution >= 0.6 is 11.8 Å². The number of guanidine groups is 1. The highest BCUT2D eigenvalue weighted by atomic mass is 32.2. The fourth-order valence-electron chi connectivity index (χ4n) is 2.53. The Morgan fingerprint density at radius 3 is 2.59 bits per heavy atom. The first-order valence-corrected chi connectivity index (χ1v) is 8.98. The smallest absolute Gasteiger partial charge is 0.191 e. The second-order valence-electron chi connectivity index (χ2n) is 5.91. The molecule has 0 aromatic heterocycles. The lowest BCUT2D eigenvalue weighted by Gasteiger charge is -2.25. The van der Waals surface area contributed by atoms with Gasteiger partial charge in [-0.2, -0.15) is 0 Å². The summed E-state index contributed by atoms with van der Waals surface area (Å²) < 4.78 is 0. The first-order chi connectivity index (χ1) is 10.7. The normalized spacial score (nSPS) is 16.6. The molecule has 0 heterocycles. The molecule has 1 fully saturated rings. The van der Waals surface area contributed by atoms with Gasteiger partial charge in [-0.15, -0.1) is 11.8 Å². The summed E-state index contributed by atoms with van der Waals surface area (Å²) in [7, 11) is 6.16. The zero-order valence-corrected chi connectivity index (χ0v) is 14.7. The molecule has 2 N–H and O–H groups in total. The van der Waals surface area contributed by atoms with Gasteiger partial charge in [0.1, 0.15) is 0 Å². The molecule has 2 rings (SSSR count). The van der Waals surface area contributed by atoms with Crippen LogP contribution in [0.25, 0.3) is 0 Å². The third-order valence-corrected chi connectivity index (χ3v) is 4.95. The van der Waals surface area contributed by atoms with Gasteiger partial charge in [0.25, 0.3) is 0 Å². The maximum atomic E-state index is 4.31. The largest absolute Gasteiger partial charge is 0.356 e. The molecule has 1 aliphatic carbocycles. The molecule has 4 nitrogen and oxygen atoms in total. The van der Waals surface area contributed by atoms with Gasteiger partial charge in [-0.05, 0) is 45.0 Å². The van der Waals surface area contributed by atoms with Crippen molar-refractivity contribution in [1.82, 2.24) is 15.5 Å². The number of likely N-dealkylation sites (N-methyl/N-ethyl adjacent to an activating group) is 1. The van der Waals surface area contributed by atoms with Crippen molar-refractivity contribution in [3.63, 3.8) is 0 Å². The second kappa shape index (κ2) is 9.06. The molecule has 0 bridgehead atoms. The van der Waals surface area contributed by atoms with Gasteiger partial charge in [-0.1, -0.05) is 18.2 Å². The topological polar surface area (TPSA) is 39.7 Å². The molecule has 1 aromatic carbocycles. The molecule has 1 aliphatic rings. The van der Waals surface area contributed by atoms with E-state index in [0.29, 0.717) is 6.04 Å². The summed E-state index contributed by atoms with van der Waals surface area (Å²) in [6.07, 6.45) is 2.73. The number of hydrogen-bond donors (Lipinski definition) is 2. The van der Waals surface area contributed by atoms with Gasteiger partial charge in [0, 0.05) is 36.8 Å². The summed E-state index contributed by atoms with van der Waals surface area (Å²) in [5.41, 5.74) is 0. The molecule has 0 spiro atoms. The van der Waals surface area contributed by atoms with Gasteiger partial charge in [0.15, 0.2) is 5.96 Å². The molecule has 122 valence electrons. The number of aliphatic imine (C=N–C) groups is 1. The van der Waals surface area contributed by atoms with Crippen molar-refractivity contribution in [3.05, 3.63) is 30.3 Å². The predicted octanol–water partition coefficient (Wildman–Crippen LogP) is 2.28. The second-order valence-corrected chi connectivity index (χ2v) is 7.08. The third kappa shape index (κ3) is 5.89. The fraction of sp³-hybridized carbons (Fsp3) is 0.588. The lowest BCUT2D eigenvalue weighted by Crippen LogP contribution is -2.46. The molecule has 0 saturated heterocycles. The van der Waals surface area contributed by atoms with Gasteiger partial charge < -0.3 is 15.5 Å². The van der Waals surface area contributed by atoms with Crippen LogP contribution in [0.3, 0.4) is 0 Å². The Labute approximate surface area is 138 Å². The van der Waals surface area contributed by atoms with Crippen molar-refractivity contribution < 1.29 is 0 Å². The monoisotopic (exact) mass is 320 g/mol. The van der Waals surface area contributed by atoms with E-state index in [-0.39, 0.29) is 0 Å². The Bertz CT molecular complexity index is 455. The third-order valence-electron chi connectivity index (χ3n) is 3.94. The minimum Gasteiger partial charge on any atom is -0.356 e. The average molecular weight is 321 g/mol. The number of benzene rings is 1. The SMILES string of the molecule is CN=C(NCCSc1ccccc1)NCC(C1CC1)N(C)C. The van der Waals surface area contributed by atoms with Crippen molar-refractivity contribution >= 4 is 17.7 Å². The van der Waals surface area contributed by atoms with E-state index in [1.807, 2.05) is 18.8 Å². The molecular formula is C17H28N4S. The van der Waals surface area contributed by atoms with E-state index in [9.17, 15) is 0 Å². The molecule has 5 heteroatoms. The standard InChI is InChI=1S/C17H28N4S/c1-18-17(20-13-16(21(2)3)14-9-10-14)19-11-12-22-15-7-5-4-6-8-15/h4-8,14,16H,9-13H2,1-3H3,(H2,18,19,20). The molecule has 1 saturated carbocycles. The number of hydrogen-bond acceptors (Lipinski definition) is 3. The first-order valence-electron chi connectivity index (χ1n) is 7.99. The minimum atomic E-state index is 0.609. The molecule has 1 atom stereocenters. The van der Waals surface area contributed by atoms with E-state index in [0.717, 1.165) is 30.7 Å². The first kappa shape index (κ1) is 17.2. The van der Waals surface area contributed by atoms with Crippen LogP contribution in [0.15, 0.2) is 40.2 Å². The van der Waals surface area contributed by atoms with E-state index in [1.165, 1.54) is 17.7 Å². The predicted molar refractivity (Wildman–Crippen MR) is 96.7 cm³/mol. The van der Waals surface area contributed by atoms with Crippen LogP contribution in [0.5, 0.6) is 0 Å².